The van der Waals surface area contributed by atoms with Crippen molar-refractivity contribution < 1.29 is 60.8 Å². The lowest BCUT2D eigenvalue weighted by Gasteiger charge is -2.34. The highest BCUT2D eigenvalue weighted by atomic mass is 32.2. The minimum absolute atomic E-state index is 0.103. The molecule has 10 nitrogen and oxygen atoms in total. The molecule has 14 rings (SSSR count). The Hall–Kier alpha value is -10.7. The maximum absolute atomic E-state index is 13.6. The summed E-state index contributed by atoms with van der Waals surface area (Å²) in [5, 5.41) is 0. The monoisotopic (exact) mass is 1650 g/mol. The molecule has 2 unspecified atom stereocenters. The van der Waals surface area contributed by atoms with Crippen LogP contribution in [-0.4, -0.2) is 55.5 Å². The summed E-state index contributed by atoms with van der Waals surface area (Å²) in [4.78, 5) is 64.6. The Morgan fingerprint density at radius 3 is 0.872 bits per heavy atom. The van der Waals surface area contributed by atoms with Crippen molar-refractivity contribution in [3.05, 3.63) is 336 Å². The highest BCUT2D eigenvalue weighted by Gasteiger charge is 2.76. The zero-order chi connectivity index (χ0) is 83.6. The molecule has 1 saturated heterocycles. The predicted octanol–water partition coefficient (Wildman–Crippen LogP) is 24.2. The second kappa shape index (κ2) is 39.5. The molecule has 0 aromatic heterocycles. The Morgan fingerprint density at radius 2 is 0.632 bits per heavy atom. The zero-order valence-electron chi connectivity index (χ0n) is 68.5. The molecule has 0 N–H and O–H groups in total. The summed E-state index contributed by atoms with van der Waals surface area (Å²) in [6, 6.07) is 101. The van der Waals surface area contributed by atoms with Crippen molar-refractivity contribution in [3.63, 3.8) is 0 Å². The maximum Gasteiger partial charge on any atom is 0.392 e. The number of esters is 4. The third-order valence-electron chi connectivity index (χ3n) is 20.9. The first-order valence-corrected chi connectivity index (χ1v) is 44.0. The molecule has 0 spiro atoms. The second-order valence-electron chi connectivity index (χ2n) is 29.5. The van der Waals surface area contributed by atoms with Crippen molar-refractivity contribution in [3.8, 4) is 23.0 Å². The summed E-state index contributed by atoms with van der Waals surface area (Å²) in [7, 11) is -0.918. The number of halogens is 3. The van der Waals surface area contributed by atoms with Crippen molar-refractivity contribution in [1.82, 2.24) is 0 Å². The number of aryl methyl sites for hydroxylation is 8. The van der Waals surface area contributed by atoms with Crippen LogP contribution in [0, 0.1) is 66.2 Å². The molecular weight excluding hydrogens is 1550 g/mol. The smallest absolute Gasteiger partial charge is 0.392 e. The summed E-state index contributed by atoms with van der Waals surface area (Å²) in [6.45, 7) is 25.2. The van der Waals surface area contributed by atoms with E-state index in [2.05, 4.69) is 237 Å². The van der Waals surface area contributed by atoms with Gasteiger partial charge in [0.15, 0.2) is 65.4 Å². The highest BCUT2D eigenvalue weighted by molar-refractivity contribution is 7.98. The average molecular weight is 1650 g/mol. The van der Waals surface area contributed by atoms with E-state index in [9.17, 15) is 32.3 Å². The van der Waals surface area contributed by atoms with Gasteiger partial charge in [0.05, 0.1) is 62.0 Å². The fraction of sp³-hybridized carbons (Fsp3) is 0.240. The van der Waals surface area contributed by atoms with Crippen molar-refractivity contribution in [2.45, 2.75) is 186 Å². The first kappa shape index (κ1) is 87.2. The van der Waals surface area contributed by atoms with E-state index in [1.54, 1.807) is 0 Å². The lowest BCUT2D eigenvalue weighted by atomic mass is 9.66. The number of hydrogen-bond donors (Lipinski definition) is 0. The van der Waals surface area contributed by atoms with Gasteiger partial charge in [-0.15, -0.1) is 0 Å². The first-order valence-electron chi connectivity index (χ1n) is 39.1. The Balaban J connectivity index is 0.000000155. The van der Waals surface area contributed by atoms with Crippen LogP contribution in [0.1, 0.15) is 105 Å². The third kappa shape index (κ3) is 20.8. The second-order valence-corrected chi connectivity index (χ2v) is 37.6. The zero-order valence-corrected chi connectivity index (χ0v) is 71.8. The van der Waals surface area contributed by atoms with Crippen LogP contribution in [0.5, 0.6) is 23.0 Å². The molecule has 12 aromatic rings. The summed E-state index contributed by atoms with van der Waals surface area (Å²) in [5.74, 6) is 0.984. The van der Waals surface area contributed by atoms with Crippen molar-refractivity contribution in [1.29, 1.82) is 0 Å². The van der Waals surface area contributed by atoms with Crippen LogP contribution in [0.25, 0.3) is 0 Å². The Kier molecular flexibility index (Phi) is 29.4. The molecular formula is C100H101F3O10S4+4. The number of rotatable bonds is 23. The molecule has 0 radical (unpaired) electrons. The van der Waals surface area contributed by atoms with Gasteiger partial charge in [-0.2, -0.15) is 13.2 Å². The van der Waals surface area contributed by atoms with Crippen LogP contribution >= 0.6 is 0 Å². The van der Waals surface area contributed by atoms with E-state index in [0.717, 1.165) is 48.9 Å². The van der Waals surface area contributed by atoms with Crippen molar-refractivity contribution in [2.24, 2.45) is 10.8 Å². The fourth-order valence-electron chi connectivity index (χ4n) is 14.6. The molecule has 1 saturated carbocycles. The number of alkyl halides is 3. The molecule has 2 fully saturated rings. The number of carbonyl (C=O) groups excluding carboxylic acids is 4. The van der Waals surface area contributed by atoms with Gasteiger partial charge in [0.25, 0.3) is 0 Å². The molecule has 2 atom stereocenters. The number of fused-ring (bicyclic) bond motifs is 2. The minimum atomic E-state index is -4.36. The van der Waals surface area contributed by atoms with Crippen LogP contribution in [0.4, 0.5) is 13.2 Å². The van der Waals surface area contributed by atoms with E-state index in [0.29, 0.717) is 43.1 Å². The number of ether oxygens (including phenoxy) is 6. The lowest BCUT2D eigenvalue weighted by Crippen LogP contribution is -2.50. The highest BCUT2D eigenvalue weighted by Crippen LogP contribution is 2.66. The van der Waals surface area contributed by atoms with Gasteiger partial charge < -0.3 is 28.4 Å². The molecule has 2 bridgehead atoms. The van der Waals surface area contributed by atoms with Crippen LogP contribution in [0.15, 0.2) is 350 Å². The first-order chi connectivity index (χ1) is 56.1. The van der Waals surface area contributed by atoms with Gasteiger partial charge in [0.2, 0.25) is 5.60 Å². The van der Waals surface area contributed by atoms with E-state index in [4.69, 9.17) is 23.7 Å². The minimum Gasteiger partial charge on any atom is -0.493 e. The quantitative estimate of drug-likeness (QED) is 0.0347. The SMILES string of the molecule is CCC(=O)Oc1c(C)cc([S+](c2ccccc2)c2ccccc2)cc1C.CCOc1c(C)cc([S+](c2ccccc2)c2ccccc2)cc1C.Cc1cc([S+](c2ccccc2)c2ccccc2)cc(C)c1OC(=O)C12CCC(C)(C(=O)O1)C2(C)C.Cc1cc([S+](c2ccccc2)c2ccccc2)cc(C)c1OCC(=O)OCCC(F)(F)F. The molecule has 1 aliphatic heterocycles. The molecule has 1 aliphatic carbocycles. The summed E-state index contributed by atoms with van der Waals surface area (Å²) < 4.78 is 69.9. The molecule has 602 valence electrons. The van der Waals surface area contributed by atoms with Crippen molar-refractivity contribution in [2.75, 3.05) is 19.8 Å². The van der Waals surface area contributed by atoms with Gasteiger partial charge in [-0.1, -0.05) is 166 Å². The molecule has 1 heterocycles. The summed E-state index contributed by atoms with van der Waals surface area (Å²) in [6.07, 6.45) is -4.05. The van der Waals surface area contributed by atoms with E-state index >= 15 is 0 Å². The predicted molar refractivity (Wildman–Crippen MR) is 464 cm³/mol. The van der Waals surface area contributed by atoms with Gasteiger partial charge in [-0.05, 0) is 224 Å². The molecule has 12 aromatic carbocycles. The largest absolute Gasteiger partial charge is 0.493 e. The van der Waals surface area contributed by atoms with Crippen LogP contribution in [0.2, 0.25) is 0 Å². The van der Waals surface area contributed by atoms with E-state index in [1.165, 1.54) is 60.1 Å². The topological polar surface area (TPSA) is 124 Å². The van der Waals surface area contributed by atoms with Gasteiger partial charge in [0.1, 0.15) is 29.6 Å². The van der Waals surface area contributed by atoms with Gasteiger partial charge >= 0.3 is 30.1 Å². The standard InChI is InChI=1S/C30H31O4S.C25H24F3O3S.C23H23O2S.C22H23OS/c1-20-18-24(35(22-12-8-6-9-13-22)23-14-10-7-11-15-23)19-21(2)25(20)33-27(32)30-17-16-29(5,26(31)34-30)28(30,3)4;1-18-15-22(32(20-9-5-3-6-10-20)21-11-7-4-8-12-21)16-19(2)24(18)31-17-23(29)30-14-13-25(26,27)28;1-4-22(24)25-23-17(2)15-21(16-18(23)3)26(19-11-7-5-8-12-19)20-13-9-6-10-14-20;1-4-23-22-17(2)15-21(16-18(22)3)24(19-11-7-5-8-12-19)20-13-9-6-10-14-20/h6-15,18-19H,16-17H2,1-5H3;3-12,15-16H,13-14,17H2,1-2H3;5-16H,4H2,1-3H3;5-16H,4H2,1-3H3/q4*+1. The Labute approximate surface area is 698 Å². The summed E-state index contributed by atoms with van der Waals surface area (Å²) >= 11 is 0. The van der Waals surface area contributed by atoms with E-state index < -0.39 is 54.2 Å². The molecule has 2 aliphatic rings. The lowest BCUT2D eigenvalue weighted by molar-refractivity contribution is -0.176. The third-order valence-corrected chi connectivity index (χ3v) is 29.7. The van der Waals surface area contributed by atoms with Gasteiger partial charge in [-0.25, -0.2) is 9.59 Å². The van der Waals surface area contributed by atoms with Gasteiger partial charge in [-0.3, -0.25) is 9.59 Å². The Morgan fingerprint density at radius 1 is 0.368 bits per heavy atom. The average Bonchev–Trinajstić information content (AvgIpc) is 1.52. The van der Waals surface area contributed by atoms with E-state index in [1.807, 2.05) is 149 Å². The Bertz CT molecular complexity index is 5110. The number of benzene rings is 12. The van der Waals surface area contributed by atoms with Gasteiger partial charge in [0, 0.05) is 60.4 Å². The normalized spacial score (nSPS) is 15.1. The molecule has 117 heavy (non-hydrogen) atoms. The fourth-order valence-corrected chi connectivity index (χ4v) is 23.7. The number of carbonyl (C=O) groups is 4. The summed E-state index contributed by atoms with van der Waals surface area (Å²) in [5.41, 5.74) is 5.30. The molecule has 0 amide bonds. The molecule has 17 heteroatoms. The maximum atomic E-state index is 13.6. The van der Waals surface area contributed by atoms with Crippen LogP contribution in [0.3, 0.4) is 0 Å². The van der Waals surface area contributed by atoms with Crippen LogP contribution in [-0.2, 0) is 72.2 Å². The van der Waals surface area contributed by atoms with E-state index in [-0.39, 0.29) is 55.5 Å². The number of hydrogen-bond acceptors (Lipinski definition) is 10. The van der Waals surface area contributed by atoms with Crippen LogP contribution < -0.4 is 18.9 Å². The van der Waals surface area contributed by atoms with Crippen molar-refractivity contribution >= 4 is 67.5 Å².